The number of halogens is 1. The minimum Gasteiger partial charge on any atom is -0.497 e. The largest absolute Gasteiger partial charge is 0.497 e. The average Bonchev–Trinajstić information content (AvgIpc) is 2.98. The van der Waals surface area contributed by atoms with E-state index < -0.39 is 0 Å². The number of nitrogens with zero attached hydrogens (tertiary/aromatic N) is 1. The van der Waals surface area contributed by atoms with Crippen molar-refractivity contribution < 1.29 is 14.3 Å². The van der Waals surface area contributed by atoms with E-state index in [-0.39, 0.29) is 24.2 Å². The third kappa shape index (κ3) is 4.31. The highest BCUT2D eigenvalue weighted by molar-refractivity contribution is 6.30. The van der Waals surface area contributed by atoms with Crippen LogP contribution in [0.5, 0.6) is 5.75 Å². The van der Waals surface area contributed by atoms with Gasteiger partial charge in [-0.2, -0.15) is 0 Å². The molecule has 5 nitrogen and oxygen atoms in total. The second-order valence-corrected chi connectivity index (χ2v) is 6.46. The van der Waals surface area contributed by atoms with Gasteiger partial charge in [-0.3, -0.25) is 9.59 Å². The van der Waals surface area contributed by atoms with Crippen molar-refractivity contribution in [1.82, 2.24) is 4.90 Å². The molecule has 0 radical (unpaired) electrons. The molecule has 2 aromatic carbocycles. The molecule has 25 heavy (non-hydrogen) atoms. The molecule has 0 saturated carbocycles. The molecule has 1 saturated heterocycles. The monoisotopic (exact) mass is 358 g/mol. The van der Waals surface area contributed by atoms with Crippen LogP contribution in [-0.4, -0.2) is 30.4 Å². The summed E-state index contributed by atoms with van der Waals surface area (Å²) in [5.41, 5.74) is 1.65. The molecule has 1 fully saturated rings. The summed E-state index contributed by atoms with van der Waals surface area (Å²) in [7, 11) is 1.57. The SMILES string of the molecule is COc1cccc(NC(=O)C2CC(=O)N(Cc3ccc(Cl)cc3)C2)c1. The number of carbonyl (C=O) groups excluding carboxylic acids is 2. The van der Waals surface area contributed by atoms with Gasteiger partial charge in [0.2, 0.25) is 11.8 Å². The average molecular weight is 359 g/mol. The number of hydrogen-bond acceptors (Lipinski definition) is 3. The number of likely N-dealkylation sites (tertiary alicyclic amines) is 1. The van der Waals surface area contributed by atoms with E-state index in [1.54, 1.807) is 42.3 Å². The van der Waals surface area contributed by atoms with Gasteiger partial charge in [0.15, 0.2) is 0 Å². The number of rotatable bonds is 5. The van der Waals surface area contributed by atoms with E-state index in [0.717, 1.165) is 5.56 Å². The summed E-state index contributed by atoms with van der Waals surface area (Å²) < 4.78 is 5.15. The molecule has 2 aromatic rings. The summed E-state index contributed by atoms with van der Waals surface area (Å²) in [4.78, 5) is 26.4. The minimum absolute atomic E-state index is 0.0132. The predicted molar refractivity (Wildman–Crippen MR) is 96.6 cm³/mol. The molecule has 1 unspecified atom stereocenters. The van der Waals surface area contributed by atoms with E-state index in [9.17, 15) is 9.59 Å². The van der Waals surface area contributed by atoms with Gasteiger partial charge in [-0.1, -0.05) is 29.8 Å². The molecular weight excluding hydrogens is 340 g/mol. The van der Waals surface area contributed by atoms with Gasteiger partial charge >= 0.3 is 0 Å². The number of benzene rings is 2. The smallest absolute Gasteiger partial charge is 0.229 e. The highest BCUT2D eigenvalue weighted by Gasteiger charge is 2.34. The lowest BCUT2D eigenvalue weighted by Gasteiger charge is -2.17. The van der Waals surface area contributed by atoms with Crippen LogP contribution in [0.15, 0.2) is 48.5 Å². The van der Waals surface area contributed by atoms with Gasteiger partial charge in [0.25, 0.3) is 0 Å². The lowest BCUT2D eigenvalue weighted by molar-refractivity contribution is -0.128. The van der Waals surface area contributed by atoms with E-state index in [1.165, 1.54) is 0 Å². The summed E-state index contributed by atoms with van der Waals surface area (Å²) in [6.45, 7) is 0.899. The fraction of sp³-hybridized carbons (Fsp3) is 0.263. The molecule has 0 bridgehead atoms. The number of amides is 2. The van der Waals surface area contributed by atoms with Crippen LogP contribution in [-0.2, 0) is 16.1 Å². The van der Waals surface area contributed by atoms with Crippen LogP contribution in [0.25, 0.3) is 0 Å². The molecule has 2 amide bonds. The minimum atomic E-state index is -0.356. The molecule has 1 N–H and O–H groups in total. The predicted octanol–water partition coefficient (Wildman–Crippen LogP) is 3.34. The van der Waals surface area contributed by atoms with E-state index in [0.29, 0.717) is 29.5 Å². The Hall–Kier alpha value is -2.53. The maximum atomic E-state index is 12.5. The first-order valence-corrected chi connectivity index (χ1v) is 8.40. The molecule has 0 aliphatic carbocycles. The standard InChI is InChI=1S/C19H19ClN2O3/c1-25-17-4-2-3-16(10-17)21-19(24)14-9-18(23)22(12-14)11-13-5-7-15(20)8-6-13/h2-8,10,14H,9,11-12H2,1H3,(H,21,24). The molecule has 1 aliphatic rings. The fourth-order valence-corrected chi connectivity index (χ4v) is 2.98. The van der Waals surface area contributed by atoms with Gasteiger partial charge in [-0.15, -0.1) is 0 Å². The molecule has 1 aliphatic heterocycles. The molecule has 6 heteroatoms. The van der Waals surface area contributed by atoms with Gasteiger partial charge < -0.3 is 15.0 Å². The maximum absolute atomic E-state index is 12.5. The summed E-state index contributed by atoms with van der Waals surface area (Å²) in [5, 5.41) is 3.52. The molecule has 0 spiro atoms. The van der Waals surface area contributed by atoms with Crippen LogP contribution in [0.3, 0.4) is 0 Å². The Kier molecular flexibility index (Phi) is 5.24. The third-order valence-electron chi connectivity index (χ3n) is 4.21. The number of methoxy groups -OCH3 is 1. The van der Waals surface area contributed by atoms with Gasteiger partial charge in [0, 0.05) is 36.3 Å². The quantitative estimate of drug-likeness (QED) is 0.891. The van der Waals surface area contributed by atoms with Gasteiger partial charge in [-0.05, 0) is 29.8 Å². The Morgan fingerprint density at radius 3 is 2.76 bits per heavy atom. The first-order chi connectivity index (χ1) is 12.0. The van der Waals surface area contributed by atoms with Crippen LogP contribution >= 0.6 is 11.6 Å². The topological polar surface area (TPSA) is 58.6 Å². The summed E-state index contributed by atoms with van der Waals surface area (Å²) in [5.74, 6) is 0.150. The normalized spacial score (nSPS) is 16.8. The number of nitrogens with one attached hydrogen (secondary N) is 1. The summed E-state index contributed by atoms with van der Waals surface area (Å²) in [6.07, 6.45) is 0.226. The zero-order valence-electron chi connectivity index (χ0n) is 13.9. The molecule has 130 valence electrons. The number of anilines is 1. The van der Waals surface area contributed by atoms with Crippen molar-refractivity contribution in [2.45, 2.75) is 13.0 Å². The van der Waals surface area contributed by atoms with Crippen LogP contribution in [0, 0.1) is 5.92 Å². The summed E-state index contributed by atoms with van der Waals surface area (Å²) >= 11 is 5.88. The van der Waals surface area contributed by atoms with E-state index in [1.807, 2.05) is 18.2 Å². The van der Waals surface area contributed by atoms with Crippen molar-refractivity contribution in [2.75, 3.05) is 19.0 Å². The Balaban J connectivity index is 1.61. The van der Waals surface area contributed by atoms with Crippen molar-refractivity contribution in [3.05, 3.63) is 59.1 Å². The van der Waals surface area contributed by atoms with Crippen molar-refractivity contribution in [3.8, 4) is 5.75 Å². The lowest BCUT2D eigenvalue weighted by Crippen LogP contribution is -2.28. The second kappa shape index (κ2) is 7.57. The van der Waals surface area contributed by atoms with Crippen LogP contribution in [0.4, 0.5) is 5.69 Å². The Bertz CT molecular complexity index is 776. The molecule has 3 rings (SSSR count). The Morgan fingerprint density at radius 1 is 1.28 bits per heavy atom. The molecule has 1 heterocycles. The molecule has 0 aromatic heterocycles. The van der Waals surface area contributed by atoms with E-state index >= 15 is 0 Å². The first-order valence-electron chi connectivity index (χ1n) is 8.02. The Morgan fingerprint density at radius 2 is 2.04 bits per heavy atom. The van der Waals surface area contributed by atoms with Gasteiger partial charge in [0.1, 0.15) is 5.75 Å². The number of hydrogen-bond donors (Lipinski definition) is 1. The van der Waals surface area contributed by atoms with Crippen LogP contribution in [0.2, 0.25) is 5.02 Å². The Labute approximate surface area is 151 Å². The highest BCUT2D eigenvalue weighted by atomic mass is 35.5. The van der Waals surface area contributed by atoms with E-state index in [2.05, 4.69) is 5.32 Å². The van der Waals surface area contributed by atoms with Gasteiger partial charge in [0.05, 0.1) is 13.0 Å². The van der Waals surface area contributed by atoms with Crippen LogP contribution in [0.1, 0.15) is 12.0 Å². The van der Waals surface area contributed by atoms with Gasteiger partial charge in [-0.25, -0.2) is 0 Å². The van der Waals surface area contributed by atoms with Crippen molar-refractivity contribution in [3.63, 3.8) is 0 Å². The summed E-state index contributed by atoms with van der Waals surface area (Å²) in [6, 6.07) is 14.5. The van der Waals surface area contributed by atoms with Crippen molar-refractivity contribution >= 4 is 29.1 Å². The second-order valence-electron chi connectivity index (χ2n) is 6.02. The zero-order chi connectivity index (χ0) is 17.8. The van der Waals surface area contributed by atoms with Crippen LogP contribution < -0.4 is 10.1 Å². The molecular formula is C19H19ClN2O3. The van der Waals surface area contributed by atoms with E-state index in [4.69, 9.17) is 16.3 Å². The maximum Gasteiger partial charge on any atom is 0.229 e. The van der Waals surface area contributed by atoms with Crippen molar-refractivity contribution in [2.24, 2.45) is 5.92 Å². The number of carbonyl (C=O) groups is 2. The highest BCUT2D eigenvalue weighted by Crippen LogP contribution is 2.23. The first kappa shape index (κ1) is 17.3. The molecule has 1 atom stereocenters. The number of ether oxygens (including phenoxy) is 1. The fourth-order valence-electron chi connectivity index (χ4n) is 2.86. The third-order valence-corrected chi connectivity index (χ3v) is 4.46. The van der Waals surface area contributed by atoms with Crippen molar-refractivity contribution in [1.29, 1.82) is 0 Å². The lowest BCUT2D eigenvalue weighted by atomic mass is 10.1. The zero-order valence-corrected chi connectivity index (χ0v) is 14.6.